The summed E-state index contributed by atoms with van der Waals surface area (Å²) in [6, 6.07) is 4.85. The van der Waals surface area contributed by atoms with E-state index >= 15 is 0 Å². The molecule has 0 aliphatic rings. The number of methoxy groups -OCH3 is 1. The van der Waals surface area contributed by atoms with E-state index in [1.54, 1.807) is 18.3 Å². The highest BCUT2D eigenvalue weighted by molar-refractivity contribution is 7.46. The number of phosphoric ester groups is 1. The third-order valence-corrected chi connectivity index (χ3v) is 3.63. The Morgan fingerprint density at radius 3 is 2.50 bits per heavy atom. The van der Waals surface area contributed by atoms with Gasteiger partial charge in [-0.2, -0.15) is 0 Å². The summed E-state index contributed by atoms with van der Waals surface area (Å²) in [5, 5.41) is 0. The summed E-state index contributed by atoms with van der Waals surface area (Å²) >= 11 is 0. The summed E-state index contributed by atoms with van der Waals surface area (Å²) in [6.45, 7) is 1.62. The van der Waals surface area contributed by atoms with Gasteiger partial charge in [-0.15, -0.1) is 0 Å². The van der Waals surface area contributed by atoms with Crippen molar-refractivity contribution >= 4 is 14.0 Å². The van der Waals surface area contributed by atoms with Gasteiger partial charge in [-0.3, -0.25) is 9.56 Å². The molecule has 7 nitrogen and oxygen atoms in total. The normalized spacial score (nSPS) is 14.8. The van der Waals surface area contributed by atoms with Gasteiger partial charge in [0.1, 0.15) is 0 Å². The van der Waals surface area contributed by atoms with E-state index in [-0.39, 0.29) is 5.75 Å². The molecule has 0 fully saturated rings. The quantitative estimate of drug-likeness (QED) is 0.408. The molecule has 0 aromatic heterocycles. The molecular weight excluding hydrogens is 307 g/mol. The Balaban J connectivity index is 2.80. The van der Waals surface area contributed by atoms with Gasteiger partial charge in [0.15, 0.2) is 11.5 Å². The zero-order valence-corrected chi connectivity index (χ0v) is 14.5. The van der Waals surface area contributed by atoms with Crippen molar-refractivity contribution in [1.82, 2.24) is 0 Å². The molecule has 1 atom stereocenters. The summed E-state index contributed by atoms with van der Waals surface area (Å²) in [7, 11) is 4.41. The van der Waals surface area contributed by atoms with Crippen LogP contribution in [0.3, 0.4) is 0 Å². The molecule has 8 heteroatoms. The second-order valence-electron chi connectivity index (χ2n) is 5.68. The number of phosphoric acid groups is 1. The second kappa shape index (κ2) is 7.74. The first-order valence-electron chi connectivity index (χ1n) is 6.71. The van der Waals surface area contributed by atoms with Crippen LogP contribution in [-0.2, 0) is 9.09 Å². The number of rotatable bonds is 8. The Morgan fingerprint density at radius 1 is 1.27 bits per heavy atom. The van der Waals surface area contributed by atoms with E-state index < -0.39 is 7.82 Å². The van der Waals surface area contributed by atoms with Gasteiger partial charge in [0.2, 0.25) is 0 Å². The van der Waals surface area contributed by atoms with Gasteiger partial charge in [-0.1, -0.05) is 0 Å². The molecule has 0 heterocycles. The Labute approximate surface area is 131 Å². The molecule has 0 amide bonds. The van der Waals surface area contributed by atoms with Crippen LogP contribution in [0.25, 0.3) is 0 Å². The minimum atomic E-state index is -4.36. The number of ether oxygens (including phenoxy) is 1. The predicted molar refractivity (Wildman–Crippen MR) is 83.6 cm³/mol. The molecule has 0 saturated carbocycles. The molecule has 0 bridgehead atoms. The van der Waals surface area contributed by atoms with Crippen LogP contribution in [0.5, 0.6) is 11.5 Å². The highest BCUT2D eigenvalue weighted by Crippen LogP contribution is 2.42. The fourth-order valence-corrected chi connectivity index (χ4v) is 1.99. The van der Waals surface area contributed by atoms with Gasteiger partial charge in [0.05, 0.1) is 41.3 Å². The van der Waals surface area contributed by atoms with Gasteiger partial charge in [-0.05, 0) is 23.8 Å². The predicted octanol–water partition coefficient (Wildman–Crippen LogP) is 1.31. The smallest absolute Gasteiger partial charge is 0.319 e. The molecule has 1 unspecified atom stereocenters. The van der Waals surface area contributed by atoms with Crippen LogP contribution in [0, 0.1) is 0 Å². The number of aliphatic imine (C=N–C) groups is 1. The van der Waals surface area contributed by atoms with Crippen LogP contribution in [0.15, 0.2) is 23.2 Å². The third kappa shape index (κ3) is 6.58. The Hall–Kier alpha value is -1.40. The molecule has 1 rings (SSSR count). The van der Waals surface area contributed by atoms with Gasteiger partial charge >= 0.3 is 7.82 Å². The molecule has 0 spiro atoms. The number of quaternary nitrogens is 1. The molecule has 0 radical (unpaired) electrons. The summed E-state index contributed by atoms with van der Waals surface area (Å²) in [5.74, 6) is 0.370. The van der Waals surface area contributed by atoms with Crippen LogP contribution >= 0.6 is 7.82 Å². The van der Waals surface area contributed by atoms with Gasteiger partial charge < -0.3 is 23.2 Å². The first-order chi connectivity index (χ1) is 10.2. The minimum absolute atomic E-state index is 0.0752. The third-order valence-electron chi connectivity index (χ3n) is 2.76. The van der Waals surface area contributed by atoms with Crippen LogP contribution in [0.4, 0.5) is 0 Å². The number of benzene rings is 1. The van der Waals surface area contributed by atoms with Crippen LogP contribution in [0.2, 0.25) is 0 Å². The van der Waals surface area contributed by atoms with Crippen LogP contribution < -0.4 is 14.2 Å². The van der Waals surface area contributed by atoms with Crippen molar-refractivity contribution in [3.05, 3.63) is 23.8 Å². The Morgan fingerprint density at radius 2 is 1.95 bits per heavy atom. The van der Waals surface area contributed by atoms with E-state index in [9.17, 15) is 9.46 Å². The lowest BCUT2D eigenvalue weighted by Gasteiger charge is -2.22. The standard InChI is InChI=1S/C14H23N2O5P/c1-16(2,3)9-8-15-11-12-6-7-13(14(10-12)19-4)21-22(17,18)20-5/h6-7,10-11H,8-9H2,1-5H3. The van der Waals surface area contributed by atoms with Crippen molar-refractivity contribution < 1.29 is 27.7 Å². The highest BCUT2D eigenvalue weighted by atomic mass is 31.2. The zero-order chi connectivity index (χ0) is 16.8. The molecule has 1 aromatic rings. The van der Waals surface area contributed by atoms with E-state index in [0.717, 1.165) is 23.7 Å². The van der Waals surface area contributed by atoms with E-state index in [1.165, 1.54) is 13.2 Å². The number of nitrogens with zero attached hydrogens (tertiary/aromatic N) is 2. The molecule has 22 heavy (non-hydrogen) atoms. The van der Waals surface area contributed by atoms with E-state index in [1.807, 2.05) is 0 Å². The van der Waals surface area contributed by atoms with Crippen LogP contribution in [-0.4, -0.2) is 59.1 Å². The summed E-state index contributed by atoms with van der Waals surface area (Å²) in [4.78, 5) is 15.7. The average molecular weight is 330 g/mol. The maximum absolute atomic E-state index is 11.3. The van der Waals surface area contributed by atoms with E-state index in [2.05, 4.69) is 30.7 Å². The Kier molecular flexibility index (Phi) is 6.56. The number of likely N-dealkylation sites (N-methyl/N-ethyl adjacent to an activating group) is 1. The lowest BCUT2D eigenvalue weighted by Crippen LogP contribution is -2.36. The van der Waals surface area contributed by atoms with E-state index in [0.29, 0.717) is 12.3 Å². The van der Waals surface area contributed by atoms with Crippen molar-refractivity contribution in [3.8, 4) is 11.5 Å². The van der Waals surface area contributed by atoms with Crippen molar-refractivity contribution in [1.29, 1.82) is 0 Å². The molecular formula is C14H23N2O5P. The first kappa shape index (κ1) is 18.6. The van der Waals surface area contributed by atoms with Crippen molar-refractivity contribution in [2.75, 3.05) is 48.5 Å². The fourth-order valence-electron chi connectivity index (χ4n) is 1.53. The maximum atomic E-state index is 11.3. The van der Waals surface area contributed by atoms with Crippen molar-refractivity contribution in [2.45, 2.75) is 0 Å². The average Bonchev–Trinajstić information content (AvgIpc) is 2.43. The minimum Gasteiger partial charge on any atom is -0.746 e. The molecule has 0 aliphatic heterocycles. The lowest BCUT2D eigenvalue weighted by atomic mass is 10.2. The number of hydrogen-bond acceptors (Lipinski definition) is 6. The molecule has 0 saturated heterocycles. The SMILES string of the molecule is COc1cc(C=NCC[N+](C)(C)C)ccc1OP(=O)([O-])OC. The molecule has 124 valence electrons. The monoisotopic (exact) mass is 330 g/mol. The zero-order valence-electron chi connectivity index (χ0n) is 13.6. The van der Waals surface area contributed by atoms with Crippen LogP contribution in [0.1, 0.15) is 5.56 Å². The topological polar surface area (TPSA) is 80.2 Å². The number of hydrogen-bond donors (Lipinski definition) is 0. The molecule has 0 aliphatic carbocycles. The lowest BCUT2D eigenvalue weighted by molar-refractivity contribution is -0.868. The summed E-state index contributed by atoms with van der Waals surface area (Å²) in [6.07, 6.45) is 1.72. The van der Waals surface area contributed by atoms with Gasteiger partial charge in [-0.25, -0.2) is 0 Å². The van der Waals surface area contributed by atoms with Gasteiger partial charge in [0.25, 0.3) is 0 Å². The summed E-state index contributed by atoms with van der Waals surface area (Å²) < 4.78 is 26.4. The second-order valence-corrected chi connectivity index (χ2v) is 7.12. The molecule has 0 N–H and O–H groups in total. The van der Waals surface area contributed by atoms with Crippen molar-refractivity contribution in [2.24, 2.45) is 4.99 Å². The fraction of sp³-hybridized carbons (Fsp3) is 0.500. The van der Waals surface area contributed by atoms with E-state index in [4.69, 9.17) is 9.26 Å². The largest absolute Gasteiger partial charge is 0.746 e. The van der Waals surface area contributed by atoms with Gasteiger partial charge in [0, 0.05) is 13.3 Å². The maximum Gasteiger partial charge on any atom is 0.319 e. The molecule has 1 aromatic carbocycles. The highest BCUT2D eigenvalue weighted by Gasteiger charge is 2.13. The first-order valence-corrected chi connectivity index (χ1v) is 8.17. The Bertz CT molecular complexity index is 569. The van der Waals surface area contributed by atoms with Crippen molar-refractivity contribution in [3.63, 3.8) is 0 Å². The summed E-state index contributed by atoms with van der Waals surface area (Å²) in [5.41, 5.74) is 0.795.